The summed E-state index contributed by atoms with van der Waals surface area (Å²) in [5.74, 6) is -0.477. The van der Waals surface area contributed by atoms with Gasteiger partial charge >= 0.3 is 0 Å². The number of carbonyl (C=O) groups is 1. The zero-order chi connectivity index (χ0) is 21.9. The van der Waals surface area contributed by atoms with Crippen molar-refractivity contribution in [3.8, 4) is 0 Å². The number of rotatable bonds is 6. The van der Waals surface area contributed by atoms with Gasteiger partial charge in [-0.15, -0.1) is 0 Å². The Morgan fingerprint density at radius 3 is 2.23 bits per heavy atom. The van der Waals surface area contributed by atoms with Crippen molar-refractivity contribution < 1.29 is 13.2 Å². The van der Waals surface area contributed by atoms with E-state index in [0.717, 1.165) is 5.56 Å². The van der Waals surface area contributed by atoms with E-state index >= 15 is 0 Å². The van der Waals surface area contributed by atoms with Crippen LogP contribution in [-0.4, -0.2) is 31.7 Å². The van der Waals surface area contributed by atoms with Crippen LogP contribution in [-0.2, 0) is 20.6 Å². The van der Waals surface area contributed by atoms with E-state index in [-0.39, 0.29) is 23.6 Å². The smallest absolute Gasteiger partial charge is 0.223 e. The molecule has 30 heavy (non-hydrogen) atoms. The van der Waals surface area contributed by atoms with Crippen molar-refractivity contribution in [2.75, 3.05) is 13.1 Å². The van der Waals surface area contributed by atoms with Crippen molar-refractivity contribution >= 4 is 39.1 Å². The number of amides is 1. The lowest BCUT2D eigenvalue weighted by Crippen LogP contribution is -2.43. The molecule has 1 amide bonds. The first-order valence-electron chi connectivity index (χ1n) is 9.95. The van der Waals surface area contributed by atoms with Crippen molar-refractivity contribution in [3.05, 3.63) is 69.2 Å². The summed E-state index contributed by atoms with van der Waals surface area (Å²) in [6.45, 7) is 4.59. The number of sulfonamides is 1. The molecule has 1 atom stereocenters. The van der Waals surface area contributed by atoms with Gasteiger partial charge in [0, 0.05) is 34.6 Å². The lowest BCUT2D eigenvalue weighted by molar-refractivity contribution is -0.126. The third-order valence-corrected chi connectivity index (χ3v) is 8.06. The molecule has 1 aliphatic rings. The SMILES string of the molecule is Cc1ccc([C@H](C)NC(=O)C2CCN(S(=O)(=O)Cc3c(Cl)cccc3Cl)CC2)cc1. The van der Waals surface area contributed by atoms with Crippen LogP contribution in [0, 0.1) is 12.8 Å². The lowest BCUT2D eigenvalue weighted by Gasteiger charge is -2.31. The average molecular weight is 469 g/mol. The van der Waals surface area contributed by atoms with Gasteiger partial charge in [0.1, 0.15) is 0 Å². The fraction of sp³-hybridized carbons (Fsp3) is 0.409. The Labute approximate surface area is 188 Å². The van der Waals surface area contributed by atoms with Crippen LogP contribution >= 0.6 is 23.2 Å². The first kappa shape index (κ1) is 23.1. The summed E-state index contributed by atoms with van der Waals surface area (Å²) in [6, 6.07) is 12.9. The fourth-order valence-electron chi connectivity index (χ4n) is 3.61. The van der Waals surface area contributed by atoms with Crippen molar-refractivity contribution in [2.45, 2.75) is 38.5 Å². The van der Waals surface area contributed by atoms with Gasteiger partial charge < -0.3 is 5.32 Å². The maximum absolute atomic E-state index is 12.8. The second-order valence-corrected chi connectivity index (χ2v) is 10.6. The molecule has 0 spiro atoms. The number of benzene rings is 2. The molecule has 5 nitrogen and oxygen atoms in total. The molecule has 0 unspecified atom stereocenters. The summed E-state index contributed by atoms with van der Waals surface area (Å²) < 4.78 is 27.1. The quantitative estimate of drug-likeness (QED) is 0.666. The van der Waals surface area contributed by atoms with Crippen molar-refractivity contribution in [1.82, 2.24) is 9.62 Å². The molecule has 0 bridgehead atoms. The second kappa shape index (κ2) is 9.69. The number of hydrogen-bond acceptors (Lipinski definition) is 3. The van der Waals surface area contributed by atoms with Crippen LogP contribution in [0.2, 0.25) is 10.0 Å². The van der Waals surface area contributed by atoms with Crippen LogP contribution in [0.1, 0.15) is 42.5 Å². The highest BCUT2D eigenvalue weighted by molar-refractivity contribution is 7.88. The molecule has 0 aromatic heterocycles. The molecule has 1 aliphatic heterocycles. The maximum atomic E-state index is 12.8. The summed E-state index contributed by atoms with van der Waals surface area (Å²) >= 11 is 12.3. The Morgan fingerprint density at radius 1 is 1.10 bits per heavy atom. The van der Waals surface area contributed by atoms with E-state index in [4.69, 9.17) is 23.2 Å². The molecule has 2 aromatic rings. The molecule has 1 saturated heterocycles. The Hall–Kier alpha value is -1.60. The highest BCUT2D eigenvalue weighted by atomic mass is 35.5. The Kier molecular flexibility index (Phi) is 7.45. The summed E-state index contributed by atoms with van der Waals surface area (Å²) in [7, 11) is -3.57. The molecule has 162 valence electrons. The van der Waals surface area contributed by atoms with E-state index in [9.17, 15) is 13.2 Å². The summed E-state index contributed by atoms with van der Waals surface area (Å²) in [4.78, 5) is 12.7. The van der Waals surface area contributed by atoms with Gasteiger partial charge in [0.15, 0.2) is 0 Å². The highest BCUT2D eigenvalue weighted by Crippen LogP contribution is 2.29. The largest absolute Gasteiger partial charge is 0.349 e. The Bertz CT molecular complexity index is 981. The van der Waals surface area contributed by atoms with Crippen LogP contribution < -0.4 is 5.32 Å². The highest BCUT2D eigenvalue weighted by Gasteiger charge is 2.32. The Balaban J connectivity index is 1.57. The van der Waals surface area contributed by atoms with E-state index in [1.54, 1.807) is 18.2 Å². The van der Waals surface area contributed by atoms with E-state index < -0.39 is 10.0 Å². The Morgan fingerprint density at radius 2 is 1.67 bits per heavy atom. The van der Waals surface area contributed by atoms with Gasteiger partial charge in [-0.05, 0) is 44.4 Å². The summed E-state index contributed by atoms with van der Waals surface area (Å²) in [5.41, 5.74) is 2.63. The number of aryl methyl sites for hydroxylation is 1. The fourth-order valence-corrected chi connectivity index (χ4v) is 5.92. The molecular weight excluding hydrogens is 443 g/mol. The van der Waals surface area contributed by atoms with Crippen LogP contribution in [0.5, 0.6) is 0 Å². The zero-order valence-electron chi connectivity index (χ0n) is 17.1. The molecule has 1 N–H and O–H groups in total. The predicted molar refractivity (Wildman–Crippen MR) is 121 cm³/mol. The number of nitrogens with zero attached hydrogens (tertiary/aromatic N) is 1. The van der Waals surface area contributed by atoms with Gasteiger partial charge in [-0.1, -0.05) is 59.1 Å². The molecule has 0 radical (unpaired) electrons. The third kappa shape index (κ3) is 5.55. The van der Waals surface area contributed by atoms with Gasteiger partial charge in [0.2, 0.25) is 15.9 Å². The van der Waals surface area contributed by atoms with E-state index in [1.807, 2.05) is 38.1 Å². The second-order valence-electron chi connectivity index (χ2n) is 7.77. The first-order valence-corrected chi connectivity index (χ1v) is 12.3. The van der Waals surface area contributed by atoms with Crippen LogP contribution in [0.25, 0.3) is 0 Å². The number of piperidine rings is 1. The van der Waals surface area contributed by atoms with Crippen LogP contribution in [0.3, 0.4) is 0 Å². The molecule has 8 heteroatoms. The molecule has 1 heterocycles. The topological polar surface area (TPSA) is 66.5 Å². The van der Waals surface area contributed by atoms with E-state index in [2.05, 4.69) is 5.32 Å². The van der Waals surface area contributed by atoms with Crippen LogP contribution in [0.15, 0.2) is 42.5 Å². The third-order valence-electron chi connectivity index (χ3n) is 5.54. The van der Waals surface area contributed by atoms with E-state index in [1.165, 1.54) is 9.87 Å². The minimum Gasteiger partial charge on any atom is -0.349 e. The number of nitrogens with one attached hydrogen (secondary N) is 1. The van der Waals surface area contributed by atoms with Gasteiger partial charge in [-0.3, -0.25) is 4.79 Å². The summed E-state index contributed by atoms with van der Waals surface area (Å²) in [6.07, 6.45) is 0.976. The molecule has 0 aliphatic carbocycles. The molecule has 2 aromatic carbocycles. The van der Waals surface area contributed by atoms with Crippen LogP contribution in [0.4, 0.5) is 0 Å². The maximum Gasteiger partial charge on any atom is 0.223 e. The number of hydrogen-bond donors (Lipinski definition) is 1. The van der Waals surface area contributed by atoms with Gasteiger partial charge in [0.05, 0.1) is 11.8 Å². The first-order chi connectivity index (χ1) is 14.2. The van der Waals surface area contributed by atoms with E-state index in [0.29, 0.717) is 41.5 Å². The normalized spacial score (nSPS) is 16.9. The van der Waals surface area contributed by atoms with Gasteiger partial charge in [0.25, 0.3) is 0 Å². The molecule has 0 saturated carbocycles. The minimum absolute atomic E-state index is 0.0331. The average Bonchev–Trinajstić information content (AvgIpc) is 2.71. The number of carbonyl (C=O) groups excluding carboxylic acids is 1. The zero-order valence-corrected chi connectivity index (χ0v) is 19.4. The standard InChI is InChI=1S/C22H26Cl2N2O3S/c1-15-6-8-17(9-7-15)16(2)25-22(27)18-10-12-26(13-11-18)30(28,29)14-19-20(23)4-3-5-21(19)24/h3-9,16,18H,10-14H2,1-2H3,(H,25,27)/t16-/m0/s1. The monoisotopic (exact) mass is 468 g/mol. The number of halogens is 2. The van der Waals surface area contributed by atoms with Gasteiger partial charge in [-0.2, -0.15) is 0 Å². The van der Waals surface area contributed by atoms with Crippen molar-refractivity contribution in [2.24, 2.45) is 5.92 Å². The van der Waals surface area contributed by atoms with Gasteiger partial charge in [-0.25, -0.2) is 12.7 Å². The molecular formula is C22H26Cl2N2O3S. The summed E-state index contributed by atoms with van der Waals surface area (Å²) in [5, 5.41) is 3.73. The lowest BCUT2D eigenvalue weighted by atomic mass is 9.96. The minimum atomic E-state index is -3.57. The van der Waals surface area contributed by atoms with Crippen molar-refractivity contribution in [3.63, 3.8) is 0 Å². The van der Waals surface area contributed by atoms with Crippen molar-refractivity contribution in [1.29, 1.82) is 0 Å². The predicted octanol–water partition coefficient (Wildman–Crippen LogP) is 4.72. The molecule has 1 fully saturated rings. The molecule has 3 rings (SSSR count).